The lowest BCUT2D eigenvalue weighted by Crippen LogP contribution is -2.54. The van der Waals surface area contributed by atoms with E-state index in [0.717, 1.165) is 0 Å². The number of carboxylic acid groups (broad SMARTS) is 1. The molecule has 2 aromatic carbocycles. The summed E-state index contributed by atoms with van der Waals surface area (Å²) in [6, 6.07) is 12.5. The van der Waals surface area contributed by atoms with Crippen molar-refractivity contribution in [2.75, 3.05) is 14.2 Å². The van der Waals surface area contributed by atoms with Gasteiger partial charge in [0.25, 0.3) is 5.91 Å². The fraction of sp³-hybridized carbons (Fsp3) is 0.391. The number of nitrogens with one attached hydrogen (secondary N) is 2. The van der Waals surface area contributed by atoms with Gasteiger partial charge in [-0.25, -0.2) is 9.18 Å². The third kappa shape index (κ3) is 4.53. The summed E-state index contributed by atoms with van der Waals surface area (Å²) in [6.07, 6.45) is -2.43. The molecular formula is C23H27FN2O6. The van der Waals surface area contributed by atoms with E-state index in [1.165, 1.54) is 20.3 Å². The van der Waals surface area contributed by atoms with E-state index in [9.17, 15) is 19.1 Å². The Morgan fingerprint density at radius 3 is 2.53 bits per heavy atom. The smallest absolute Gasteiger partial charge is 0.334 e. The van der Waals surface area contributed by atoms with Gasteiger partial charge in [-0.3, -0.25) is 10.1 Å². The van der Waals surface area contributed by atoms with Crippen LogP contribution in [0.15, 0.2) is 48.5 Å². The SMILES string of the molecule is CCCC(F)NC(=O)C1(c2ccc(OC)cc2OC)NC(c2ccccc2)C(C(=O)O)O1. The van der Waals surface area contributed by atoms with Crippen molar-refractivity contribution in [2.45, 2.75) is 43.9 Å². The molecule has 1 aliphatic heterocycles. The normalized spacial score (nSPS) is 23.4. The second kappa shape index (κ2) is 9.97. The van der Waals surface area contributed by atoms with E-state index < -0.39 is 36.0 Å². The standard InChI is InChI=1S/C23H27FN2O6/c1-4-8-18(24)25-22(29)23(16-12-11-15(30-2)13-17(16)31-3)26-19(20(32-23)21(27)28)14-9-6-5-7-10-14/h5-7,9-13,18-20,26H,4,8H2,1-3H3,(H,25,29)(H,27,28). The Balaban J connectivity index is 2.13. The largest absolute Gasteiger partial charge is 0.497 e. The van der Waals surface area contributed by atoms with Crippen LogP contribution >= 0.6 is 0 Å². The molecule has 0 saturated carbocycles. The number of halogens is 1. The van der Waals surface area contributed by atoms with Gasteiger partial charge < -0.3 is 24.6 Å². The number of alkyl halides is 1. The summed E-state index contributed by atoms with van der Waals surface area (Å²) in [7, 11) is 2.88. The number of amides is 1. The number of methoxy groups -OCH3 is 2. The monoisotopic (exact) mass is 446 g/mol. The zero-order valence-electron chi connectivity index (χ0n) is 18.1. The van der Waals surface area contributed by atoms with Gasteiger partial charge in [-0.15, -0.1) is 0 Å². The van der Waals surface area contributed by atoms with Gasteiger partial charge in [0, 0.05) is 6.07 Å². The summed E-state index contributed by atoms with van der Waals surface area (Å²) in [4.78, 5) is 25.5. The first-order valence-corrected chi connectivity index (χ1v) is 10.3. The first kappa shape index (κ1) is 23.5. The minimum atomic E-state index is -2.01. The van der Waals surface area contributed by atoms with E-state index in [2.05, 4.69) is 10.6 Å². The van der Waals surface area contributed by atoms with Crippen LogP contribution < -0.4 is 20.1 Å². The van der Waals surface area contributed by atoms with Gasteiger partial charge in [-0.1, -0.05) is 43.7 Å². The van der Waals surface area contributed by atoms with Gasteiger partial charge >= 0.3 is 5.97 Å². The number of benzene rings is 2. The van der Waals surface area contributed by atoms with E-state index in [1.807, 2.05) is 0 Å². The molecule has 0 bridgehead atoms. The predicted molar refractivity (Wildman–Crippen MR) is 114 cm³/mol. The van der Waals surface area contributed by atoms with Crippen LogP contribution in [0.25, 0.3) is 0 Å². The first-order chi connectivity index (χ1) is 15.4. The minimum Gasteiger partial charge on any atom is -0.497 e. The van der Waals surface area contributed by atoms with Crippen molar-refractivity contribution in [3.05, 3.63) is 59.7 Å². The highest BCUT2D eigenvalue weighted by Gasteiger charge is 2.56. The molecule has 172 valence electrons. The Morgan fingerprint density at radius 2 is 1.94 bits per heavy atom. The van der Waals surface area contributed by atoms with Crippen molar-refractivity contribution < 1.29 is 33.3 Å². The van der Waals surface area contributed by atoms with Gasteiger partial charge in [0.2, 0.25) is 5.72 Å². The molecule has 32 heavy (non-hydrogen) atoms. The van der Waals surface area contributed by atoms with Crippen molar-refractivity contribution in [3.63, 3.8) is 0 Å². The summed E-state index contributed by atoms with van der Waals surface area (Å²) in [5.41, 5.74) is -1.21. The number of carboxylic acids is 1. The van der Waals surface area contributed by atoms with Crippen LogP contribution in [0.5, 0.6) is 11.5 Å². The average Bonchev–Trinajstić information content (AvgIpc) is 3.22. The molecule has 1 saturated heterocycles. The number of hydrogen-bond donors (Lipinski definition) is 3. The summed E-state index contributed by atoms with van der Waals surface area (Å²) in [5, 5.41) is 15.2. The molecule has 9 heteroatoms. The fourth-order valence-corrected chi connectivity index (χ4v) is 3.74. The van der Waals surface area contributed by atoms with Crippen LogP contribution in [-0.2, 0) is 20.1 Å². The van der Waals surface area contributed by atoms with Gasteiger partial charge in [0.1, 0.15) is 11.5 Å². The number of ether oxygens (including phenoxy) is 3. The average molecular weight is 446 g/mol. The lowest BCUT2D eigenvalue weighted by molar-refractivity contribution is -0.164. The highest BCUT2D eigenvalue weighted by atomic mass is 19.1. The molecule has 3 N–H and O–H groups in total. The van der Waals surface area contributed by atoms with Crippen LogP contribution in [0.1, 0.15) is 36.9 Å². The van der Waals surface area contributed by atoms with Crippen molar-refractivity contribution >= 4 is 11.9 Å². The second-order valence-electron chi connectivity index (χ2n) is 7.39. The van der Waals surface area contributed by atoms with Crippen molar-refractivity contribution in [3.8, 4) is 11.5 Å². The molecule has 1 heterocycles. The lowest BCUT2D eigenvalue weighted by Gasteiger charge is -2.30. The highest BCUT2D eigenvalue weighted by molar-refractivity contribution is 5.89. The van der Waals surface area contributed by atoms with Crippen molar-refractivity contribution in [1.82, 2.24) is 10.6 Å². The highest BCUT2D eigenvalue weighted by Crippen LogP contribution is 2.43. The third-order valence-corrected chi connectivity index (χ3v) is 5.30. The quantitative estimate of drug-likeness (QED) is 0.509. The van der Waals surface area contributed by atoms with Gasteiger partial charge in [-0.05, 0) is 24.1 Å². The first-order valence-electron chi connectivity index (χ1n) is 10.3. The number of hydrogen-bond acceptors (Lipinski definition) is 6. The molecule has 4 unspecified atom stereocenters. The van der Waals surface area contributed by atoms with Gasteiger partial charge in [-0.2, -0.15) is 0 Å². The molecule has 1 aliphatic rings. The van der Waals surface area contributed by atoms with E-state index in [1.54, 1.807) is 49.4 Å². The fourth-order valence-electron chi connectivity index (χ4n) is 3.74. The van der Waals surface area contributed by atoms with Crippen LogP contribution in [0.4, 0.5) is 4.39 Å². The molecule has 0 radical (unpaired) electrons. The van der Waals surface area contributed by atoms with E-state index >= 15 is 0 Å². The molecule has 1 amide bonds. The van der Waals surface area contributed by atoms with Crippen LogP contribution in [0, 0.1) is 0 Å². The molecule has 0 spiro atoms. The molecule has 8 nitrogen and oxygen atoms in total. The topological polar surface area (TPSA) is 106 Å². The maximum absolute atomic E-state index is 14.4. The molecule has 4 atom stereocenters. The zero-order valence-corrected chi connectivity index (χ0v) is 18.1. The van der Waals surface area contributed by atoms with E-state index in [-0.39, 0.29) is 17.7 Å². The second-order valence-corrected chi connectivity index (χ2v) is 7.39. The summed E-state index contributed by atoms with van der Waals surface area (Å²) in [6.45, 7) is 1.79. The van der Waals surface area contributed by atoms with E-state index in [0.29, 0.717) is 17.7 Å². The predicted octanol–water partition coefficient (Wildman–Crippen LogP) is 2.88. The Morgan fingerprint density at radius 1 is 1.22 bits per heavy atom. The Labute approximate surface area is 185 Å². The van der Waals surface area contributed by atoms with E-state index in [4.69, 9.17) is 14.2 Å². The number of carbonyl (C=O) groups is 2. The summed E-state index contributed by atoms with van der Waals surface area (Å²) in [5.74, 6) is -1.44. The third-order valence-electron chi connectivity index (χ3n) is 5.30. The molecule has 1 fully saturated rings. The summed E-state index contributed by atoms with van der Waals surface area (Å²) >= 11 is 0. The van der Waals surface area contributed by atoms with Gasteiger partial charge in [0.15, 0.2) is 12.4 Å². The molecule has 0 aromatic heterocycles. The maximum Gasteiger partial charge on any atom is 0.334 e. The number of rotatable bonds is 9. The Hall–Kier alpha value is -3.17. The molecular weight excluding hydrogens is 419 g/mol. The van der Waals surface area contributed by atoms with Crippen LogP contribution in [-0.4, -0.2) is 43.6 Å². The number of aliphatic carboxylic acids is 1. The maximum atomic E-state index is 14.4. The lowest BCUT2D eigenvalue weighted by atomic mass is 9.98. The number of carbonyl (C=O) groups excluding carboxylic acids is 1. The minimum absolute atomic E-state index is 0.103. The molecule has 0 aliphatic carbocycles. The molecule has 2 aromatic rings. The zero-order chi connectivity index (χ0) is 23.3. The Bertz CT molecular complexity index is 957. The molecule has 3 rings (SSSR count). The van der Waals surface area contributed by atoms with Crippen LogP contribution in [0.3, 0.4) is 0 Å². The van der Waals surface area contributed by atoms with Crippen LogP contribution in [0.2, 0.25) is 0 Å². The van der Waals surface area contributed by atoms with Gasteiger partial charge in [0.05, 0.1) is 25.8 Å². The van der Waals surface area contributed by atoms with Crippen molar-refractivity contribution in [1.29, 1.82) is 0 Å². The Kier molecular flexibility index (Phi) is 7.32. The van der Waals surface area contributed by atoms with Crippen molar-refractivity contribution in [2.24, 2.45) is 0 Å². The summed E-state index contributed by atoms with van der Waals surface area (Å²) < 4.78 is 31.0.